The molecule has 0 aliphatic carbocycles. The Balaban J connectivity index is 3.13. The Morgan fingerprint density at radius 1 is 1.39 bits per heavy atom. The van der Waals surface area contributed by atoms with Crippen molar-refractivity contribution in [1.29, 1.82) is 0 Å². The number of nitrogens with zero attached hydrogens (tertiary/aromatic N) is 1. The van der Waals surface area contributed by atoms with Crippen molar-refractivity contribution >= 4 is 12.1 Å². The van der Waals surface area contributed by atoms with Gasteiger partial charge in [-0.15, -0.1) is 0 Å². The first-order chi connectivity index (χ1) is 8.51. The van der Waals surface area contributed by atoms with Gasteiger partial charge in [0.15, 0.2) is 6.29 Å². The predicted octanol–water partition coefficient (Wildman–Crippen LogP) is 3.08. The van der Waals surface area contributed by atoms with Crippen LogP contribution in [0.5, 0.6) is 0 Å². The van der Waals surface area contributed by atoms with Gasteiger partial charge in [0.2, 0.25) is 0 Å². The molecule has 1 aromatic carbocycles. The molecule has 0 aliphatic heterocycles. The summed E-state index contributed by atoms with van der Waals surface area (Å²) in [5.41, 5.74) is 5.12. The largest absolute Gasteiger partial charge is 0.351 e. The number of rotatable bonds is 4. The fraction of sp³-hybridized carbons (Fsp3) is 0.333. The minimum Gasteiger partial charge on any atom is -0.351 e. The molecule has 0 radical (unpaired) electrons. The molecule has 1 rings (SSSR count). The fourth-order valence-corrected chi connectivity index (χ4v) is 2.06. The summed E-state index contributed by atoms with van der Waals surface area (Å²) in [6.07, 6.45) is 2.52. The maximum absolute atomic E-state index is 11.1. The Hall–Kier alpha value is -1.90. The number of aryl methyl sites for hydroxylation is 2. The second kappa shape index (κ2) is 6.15. The monoisotopic (exact) mass is 244 g/mol. The van der Waals surface area contributed by atoms with Crippen molar-refractivity contribution < 1.29 is 4.79 Å². The van der Waals surface area contributed by atoms with Crippen LogP contribution < -0.4 is 5.32 Å². The molecule has 0 heterocycles. The molecule has 0 saturated carbocycles. The molecule has 96 valence electrons. The van der Waals surface area contributed by atoms with Gasteiger partial charge in [-0.3, -0.25) is 9.79 Å². The summed E-state index contributed by atoms with van der Waals surface area (Å²) in [7, 11) is 0. The van der Waals surface area contributed by atoms with Crippen molar-refractivity contribution in [1.82, 2.24) is 5.32 Å². The van der Waals surface area contributed by atoms with E-state index in [2.05, 4.69) is 23.8 Å². The first-order valence-corrected chi connectivity index (χ1v) is 5.94. The van der Waals surface area contributed by atoms with Crippen LogP contribution in [0.2, 0.25) is 0 Å². The maximum Gasteiger partial charge on any atom is 0.150 e. The van der Waals surface area contributed by atoms with E-state index in [1.807, 2.05) is 26.8 Å². The van der Waals surface area contributed by atoms with E-state index in [4.69, 9.17) is 0 Å². The Labute approximate surface area is 109 Å². The van der Waals surface area contributed by atoms with Gasteiger partial charge in [0.1, 0.15) is 0 Å². The fourth-order valence-electron chi connectivity index (χ4n) is 2.06. The van der Waals surface area contributed by atoms with Crippen LogP contribution in [0.15, 0.2) is 23.8 Å². The van der Waals surface area contributed by atoms with E-state index in [-0.39, 0.29) is 0 Å². The SMILES string of the molecule is C=CNC(C)=NCc1c(C)cc(C)c(C=O)c1C. The van der Waals surface area contributed by atoms with Crippen molar-refractivity contribution in [3.63, 3.8) is 0 Å². The first kappa shape index (κ1) is 14.2. The third-order valence-electron chi connectivity index (χ3n) is 3.09. The zero-order valence-electron chi connectivity index (χ0n) is 11.5. The molecule has 0 atom stereocenters. The molecule has 0 unspecified atom stereocenters. The summed E-state index contributed by atoms with van der Waals surface area (Å²) in [5.74, 6) is 0.817. The molecule has 0 amide bonds. The van der Waals surface area contributed by atoms with Crippen LogP contribution >= 0.6 is 0 Å². The summed E-state index contributed by atoms with van der Waals surface area (Å²) >= 11 is 0. The van der Waals surface area contributed by atoms with Gasteiger partial charge in [0.25, 0.3) is 0 Å². The number of amidine groups is 1. The summed E-state index contributed by atoms with van der Waals surface area (Å²) in [5, 5.41) is 2.94. The van der Waals surface area contributed by atoms with Crippen molar-refractivity contribution in [3.8, 4) is 0 Å². The molecule has 1 N–H and O–H groups in total. The molecule has 0 aromatic heterocycles. The minimum atomic E-state index is 0.575. The van der Waals surface area contributed by atoms with Crippen molar-refractivity contribution in [2.24, 2.45) is 4.99 Å². The standard InChI is InChI=1S/C15H20N2O/c1-6-16-13(5)17-8-14-10(2)7-11(3)15(9-18)12(14)4/h6-7,9H,1,8H2,2-5H3,(H,16,17). The Kier molecular flexibility index (Phi) is 4.84. The van der Waals surface area contributed by atoms with Gasteiger partial charge in [0.05, 0.1) is 12.4 Å². The quantitative estimate of drug-likeness (QED) is 0.502. The third kappa shape index (κ3) is 3.06. The summed E-state index contributed by atoms with van der Waals surface area (Å²) < 4.78 is 0. The molecule has 18 heavy (non-hydrogen) atoms. The van der Waals surface area contributed by atoms with E-state index in [0.717, 1.165) is 34.4 Å². The second-order valence-corrected chi connectivity index (χ2v) is 4.40. The van der Waals surface area contributed by atoms with Crippen molar-refractivity contribution in [2.75, 3.05) is 0 Å². The number of carbonyl (C=O) groups excluding carboxylic acids is 1. The van der Waals surface area contributed by atoms with E-state index < -0.39 is 0 Å². The Bertz CT molecular complexity index is 502. The normalized spacial score (nSPS) is 11.2. The van der Waals surface area contributed by atoms with Crippen LogP contribution in [-0.4, -0.2) is 12.1 Å². The highest BCUT2D eigenvalue weighted by Crippen LogP contribution is 2.21. The number of carbonyl (C=O) groups is 1. The van der Waals surface area contributed by atoms with Crippen LogP contribution in [0.4, 0.5) is 0 Å². The number of hydrogen-bond acceptors (Lipinski definition) is 2. The van der Waals surface area contributed by atoms with Gasteiger partial charge >= 0.3 is 0 Å². The van der Waals surface area contributed by atoms with Crippen LogP contribution in [0, 0.1) is 20.8 Å². The molecule has 0 spiro atoms. The van der Waals surface area contributed by atoms with Crippen LogP contribution in [0.1, 0.15) is 39.5 Å². The zero-order chi connectivity index (χ0) is 13.7. The van der Waals surface area contributed by atoms with E-state index in [0.29, 0.717) is 6.54 Å². The highest BCUT2D eigenvalue weighted by molar-refractivity contribution is 5.81. The van der Waals surface area contributed by atoms with E-state index in [9.17, 15) is 4.79 Å². The van der Waals surface area contributed by atoms with Crippen LogP contribution in [0.3, 0.4) is 0 Å². The molecular formula is C15H20N2O. The van der Waals surface area contributed by atoms with Gasteiger partial charge in [-0.25, -0.2) is 0 Å². The van der Waals surface area contributed by atoms with Gasteiger partial charge in [-0.2, -0.15) is 0 Å². The van der Waals surface area contributed by atoms with Gasteiger partial charge in [0, 0.05) is 5.56 Å². The smallest absolute Gasteiger partial charge is 0.150 e. The molecule has 0 bridgehead atoms. The lowest BCUT2D eigenvalue weighted by Crippen LogP contribution is -2.13. The summed E-state index contributed by atoms with van der Waals surface area (Å²) in [6, 6.07) is 2.04. The number of nitrogens with one attached hydrogen (secondary N) is 1. The molecule has 0 fully saturated rings. The average Bonchev–Trinajstić information content (AvgIpc) is 2.29. The number of hydrogen-bond donors (Lipinski definition) is 1. The lowest BCUT2D eigenvalue weighted by atomic mass is 9.94. The van der Waals surface area contributed by atoms with E-state index in [1.54, 1.807) is 6.20 Å². The maximum atomic E-state index is 11.1. The average molecular weight is 244 g/mol. The topological polar surface area (TPSA) is 41.5 Å². The van der Waals surface area contributed by atoms with Gasteiger partial charge < -0.3 is 5.32 Å². The Morgan fingerprint density at radius 2 is 2.06 bits per heavy atom. The van der Waals surface area contributed by atoms with Crippen LogP contribution in [0.25, 0.3) is 0 Å². The van der Waals surface area contributed by atoms with E-state index in [1.165, 1.54) is 5.56 Å². The molecule has 0 aliphatic rings. The number of benzene rings is 1. The lowest BCUT2D eigenvalue weighted by Gasteiger charge is -2.13. The first-order valence-electron chi connectivity index (χ1n) is 5.94. The zero-order valence-corrected chi connectivity index (χ0v) is 11.5. The van der Waals surface area contributed by atoms with Crippen molar-refractivity contribution in [2.45, 2.75) is 34.2 Å². The predicted molar refractivity (Wildman–Crippen MR) is 76.2 cm³/mol. The highest BCUT2D eigenvalue weighted by Gasteiger charge is 2.09. The van der Waals surface area contributed by atoms with Gasteiger partial charge in [-0.1, -0.05) is 12.6 Å². The highest BCUT2D eigenvalue weighted by atomic mass is 16.1. The van der Waals surface area contributed by atoms with E-state index >= 15 is 0 Å². The minimum absolute atomic E-state index is 0.575. The van der Waals surface area contributed by atoms with Crippen molar-refractivity contribution in [3.05, 3.63) is 46.7 Å². The molecule has 3 heteroatoms. The van der Waals surface area contributed by atoms with Gasteiger partial charge in [-0.05, 0) is 56.1 Å². The number of aliphatic imine (C=N–C) groups is 1. The third-order valence-corrected chi connectivity index (χ3v) is 3.09. The second-order valence-electron chi connectivity index (χ2n) is 4.40. The lowest BCUT2D eigenvalue weighted by molar-refractivity contribution is 0.112. The molecule has 3 nitrogen and oxygen atoms in total. The molecular weight excluding hydrogens is 224 g/mol. The Morgan fingerprint density at radius 3 is 2.61 bits per heavy atom. The number of aldehydes is 1. The summed E-state index contributed by atoms with van der Waals surface area (Å²) in [6.45, 7) is 12.0. The molecule has 0 saturated heterocycles. The van der Waals surface area contributed by atoms with Crippen LogP contribution in [-0.2, 0) is 6.54 Å². The molecule has 1 aromatic rings. The summed E-state index contributed by atoms with van der Waals surface area (Å²) in [4.78, 5) is 15.5.